The molecule has 0 heterocycles. The van der Waals surface area contributed by atoms with Crippen molar-refractivity contribution in [3.8, 4) is 11.8 Å². The van der Waals surface area contributed by atoms with Gasteiger partial charge < -0.3 is 4.74 Å². The Morgan fingerprint density at radius 1 is 1.16 bits per heavy atom. The van der Waals surface area contributed by atoms with E-state index in [9.17, 15) is 8.42 Å². The molecular weight excluding hydrogens is 360 g/mol. The zero-order valence-electron chi connectivity index (χ0n) is 13.9. The summed E-state index contributed by atoms with van der Waals surface area (Å²) in [6, 6.07) is 15.7. The summed E-state index contributed by atoms with van der Waals surface area (Å²) in [6.07, 6.45) is 0.554. The van der Waals surface area contributed by atoms with Gasteiger partial charge in [-0.3, -0.25) is 0 Å². The molecule has 0 spiro atoms. The second-order valence-corrected chi connectivity index (χ2v) is 8.01. The van der Waals surface area contributed by atoms with E-state index < -0.39 is 10.0 Å². The molecule has 0 amide bonds. The maximum absolute atomic E-state index is 12.4. The molecule has 0 aliphatic rings. The Morgan fingerprint density at radius 3 is 2.52 bits per heavy atom. The van der Waals surface area contributed by atoms with Crippen molar-refractivity contribution >= 4 is 21.6 Å². The predicted molar refractivity (Wildman–Crippen MR) is 98.0 cm³/mol. The fourth-order valence-electron chi connectivity index (χ4n) is 2.21. The van der Waals surface area contributed by atoms with Crippen LogP contribution in [0, 0.1) is 11.3 Å². The zero-order chi connectivity index (χ0) is 18.3. The first kappa shape index (κ1) is 19.3. The van der Waals surface area contributed by atoms with Crippen molar-refractivity contribution < 1.29 is 13.2 Å². The molecule has 0 aliphatic carbocycles. The fraction of sp³-hybridized carbons (Fsp3) is 0.278. The van der Waals surface area contributed by atoms with Crippen molar-refractivity contribution in [2.24, 2.45) is 0 Å². The molecule has 2 aromatic carbocycles. The third kappa shape index (κ3) is 5.75. The highest BCUT2D eigenvalue weighted by Crippen LogP contribution is 2.16. The molecule has 0 aromatic heterocycles. The van der Waals surface area contributed by atoms with E-state index in [1.807, 2.05) is 6.07 Å². The summed E-state index contributed by atoms with van der Waals surface area (Å²) >= 11 is 5.80. The molecule has 0 atom stereocenters. The van der Waals surface area contributed by atoms with Gasteiger partial charge in [-0.25, -0.2) is 12.7 Å². The zero-order valence-corrected chi connectivity index (χ0v) is 15.4. The molecule has 2 aromatic rings. The lowest BCUT2D eigenvalue weighted by molar-refractivity contribution is 0.296. The van der Waals surface area contributed by atoms with Crippen molar-refractivity contribution in [1.29, 1.82) is 5.26 Å². The standard InChI is InChI=1S/C18H19ClN2O3S/c1-21(11-4-12-24-18-9-7-17(19)8-10-18)25(22,23)14-16-6-3-2-5-15(16)13-20/h2-3,5-10H,4,11-12,14H2,1H3. The normalized spacial score (nSPS) is 11.3. The molecule has 2 rings (SSSR count). The summed E-state index contributed by atoms with van der Waals surface area (Å²) in [7, 11) is -1.95. The molecule has 0 fully saturated rings. The van der Waals surface area contributed by atoms with E-state index in [-0.39, 0.29) is 5.75 Å². The van der Waals surface area contributed by atoms with Crippen molar-refractivity contribution in [3.05, 3.63) is 64.7 Å². The minimum absolute atomic E-state index is 0.189. The van der Waals surface area contributed by atoms with E-state index in [2.05, 4.69) is 0 Å². The van der Waals surface area contributed by atoms with Gasteiger partial charge in [-0.2, -0.15) is 5.26 Å². The molecule has 0 aliphatic heterocycles. The lowest BCUT2D eigenvalue weighted by Gasteiger charge is -2.17. The molecular formula is C18H19ClN2O3S. The van der Waals surface area contributed by atoms with E-state index in [0.29, 0.717) is 41.5 Å². The van der Waals surface area contributed by atoms with Gasteiger partial charge in [-0.05, 0) is 42.3 Å². The number of nitriles is 1. The van der Waals surface area contributed by atoms with Crippen LogP contribution in [0.4, 0.5) is 0 Å². The first-order chi connectivity index (χ1) is 11.9. The number of hydrogen-bond acceptors (Lipinski definition) is 4. The highest BCUT2D eigenvalue weighted by Gasteiger charge is 2.19. The topological polar surface area (TPSA) is 70.4 Å². The number of benzene rings is 2. The summed E-state index contributed by atoms with van der Waals surface area (Å²) in [5, 5.41) is 9.70. The first-order valence-corrected chi connectivity index (χ1v) is 9.71. The number of sulfonamides is 1. The van der Waals surface area contributed by atoms with E-state index in [1.165, 1.54) is 11.4 Å². The summed E-state index contributed by atoms with van der Waals surface area (Å²) in [6.45, 7) is 0.737. The van der Waals surface area contributed by atoms with Crippen LogP contribution in [-0.4, -0.2) is 32.9 Å². The second-order valence-electron chi connectivity index (χ2n) is 5.50. The maximum Gasteiger partial charge on any atom is 0.218 e. The van der Waals surface area contributed by atoms with E-state index in [0.717, 1.165) is 0 Å². The molecule has 0 saturated carbocycles. The van der Waals surface area contributed by atoms with Gasteiger partial charge in [-0.15, -0.1) is 0 Å². The van der Waals surface area contributed by atoms with Crippen LogP contribution >= 0.6 is 11.6 Å². The van der Waals surface area contributed by atoms with E-state index >= 15 is 0 Å². The molecule has 132 valence electrons. The molecule has 0 bridgehead atoms. The third-order valence-corrected chi connectivity index (χ3v) is 5.71. The van der Waals surface area contributed by atoms with Gasteiger partial charge in [0.2, 0.25) is 10.0 Å². The lowest BCUT2D eigenvalue weighted by Crippen LogP contribution is -2.30. The number of hydrogen-bond donors (Lipinski definition) is 0. The van der Waals surface area contributed by atoms with Crippen LogP contribution in [0.5, 0.6) is 5.75 Å². The van der Waals surface area contributed by atoms with Crippen molar-refractivity contribution in [2.75, 3.05) is 20.2 Å². The third-order valence-electron chi connectivity index (χ3n) is 3.65. The Balaban J connectivity index is 1.85. The Morgan fingerprint density at radius 2 is 1.84 bits per heavy atom. The minimum Gasteiger partial charge on any atom is -0.494 e. The van der Waals surface area contributed by atoms with E-state index in [1.54, 1.807) is 48.5 Å². The highest BCUT2D eigenvalue weighted by molar-refractivity contribution is 7.88. The summed E-state index contributed by atoms with van der Waals surface area (Å²) in [5.74, 6) is 0.503. The SMILES string of the molecule is CN(CCCOc1ccc(Cl)cc1)S(=O)(=O)Cc1ccccc1C#N. The van der Waals surface area contributed by atoms with Gasteiger partial charge in [0.15, 0.2) is 0 Å². The Kier molecular flexibility index (Phi) is 6.82. The van der Waals surface area contributed by atoms with Crippen LogP contribution in [0.3, 0.4) is 0 Å². The molecule has 0 unspecified atom stereocenters. The molecule has 5 nitrogen and oxygen atoms in total. The van der Waals surface area contributed by atoms with Crippen molar-refractivity contribution in [3.63, 3.8) is 0 Å². The van der Waals surface area contributed by atoms with Gasteiger partial charge in [-0.1, -0.05) is 29.8 Å². The number of nitrogens with zero attached hydrogens (tertiary/aromatic N) is 2. The summed E-state index contributed by atoms with van der Waals surface area (Å²) < 4.78 is 31.7. The van der Waals surface area contributed by atoms with Crippen molar-refractivity contribution in [1.82, 2.24) is 4.31 Å². The Labute approximate surface area is 153 Å². The number of rotatable bonds is 8. The monoisotopic (exact) mass is 378 g/mol. The van der Waals surface area contributed by atoms with Crippen LogP contribution in [0.2, 0.25) is 5.02 Å². The largest absolute Gasteiger partial charge is 0.494 e. The van der Waals surface area contributed by atoms with Crippen LogP contribution in [-0.2, 0) is 15.8 Å². The average Bonchev–Trinajstić information content (AvgIpc) is 2.60. The van der Waals surface area contributed by atoms with Crippen LogP contribution in [0.1, 0.15) is 17.5 Å². The Hall–Kier alpha value is -2.07. The summed E-state index contributed by atoms with van der Waals surface area (Å²) in [4.78, 5) is 0. The fourth-order valence-corrected chi connectivity index (χ4v) is 3.61. The second kappa shape index (κ2) is 8.86. The highest BCUT2D eigenvalue weighted by atomic mass is 35.5. The molecule has 0 radical (unpaired) electrons. The molecule has 0 saturated heterocycles. The number of halogens is 1. The van der Waals surface area contributed by atoms with Crippen LogP contribution < -0.4 is 4.74 Å². The number of ether oxygens (including phenoxy) is 1. The van der Waals surface area contributed by atoms with Gasteiger partial charge in [0.05, 0.1) is 24.0 Å². The quantitative estimate of drug-likeness (QED) is 0.660. The molecule has 0 N–H and O–H groups in total. The van der Waals surface area contributed by atoms with Crippen LogP contribution in [0.15, 0.2) is 48.5 Å². The summed E-state index contributed by atoms with van der Waals surface area (Å²) in [5.41, 5.74) is 0.889. The van der Waals surface area contributed by atoms with Gasteiger partial charge in [0.25, 0.3) is 0 Å². The Bertz CT molecular complexity index is 845. The minimum atomic E-state index is -3.49. The smallest absolute Gasteiger partial charge is 0.218 e. The van der Waals surface area contributed by atoms with Gasteiger partial charge in [0.1, 0.15) is 5.75 Å². The van der Waals surface area contributed by atoms with E-state index in [4.69, 9.17) is 21.6 Å². The lowest BCUT2D eigenvalue weighted by atomic mass is 10.1. The molecule has 7 heteroatoms. The van der Waals surface area contributed by atoms with Gasteiger partial charge >= 0.3 is 0 Å². The average molecular weight is 379 g/mol. The first-order valence-electron chi connectivity index (χ1n) is 7.73. The maximum atomic E-state index is 12.4. The van der Waals surface area contributed by atoms with Crippen molar-refractivity contribution in [2.45, 2.75) is 12.2 Å². The van der Waals surface area contributed by atoms with Crippen LogP contribution in [0.25, 0.3) is 0 Å². The predicted octanol–water partition coefficient (Wildman–Crippen LogP) is 3.44. The van der Waals surface area contributed by atoms with Gasteiger partial charge in [0, 0.05) is 18.6 Å². The molecule has 25 heavy (non-hydrogen) atoms.